The van der Waals surface area contributed by atoms with Crippen LogP contribution in [0.15, 0.2) is 0 Å². The summed E-state index contributed by atoms with van der Waals surface area (Å²) >= 11 is 2.13. The van der Waals surface area contributed by atoms with Crippen LogP contribution in [0.4, 0.5) is 0 Å². The molecule has 0 aromatic rings. The maximum atomic E-state index is 3.89. The highest BCUT2D eigenvalue weighted by atomic mass is 32.2. The molecular weight excluding hydrogens is 228 g/mol. The van der Waals surface area contributed by atoms with Gasteiger partial charge in [-0.1, -0.05) is 6.92 Å². The number of piperidine rings is 1. The maximum Gasteiger partial charge on any atom is 0.0194 e. The van der Waals surface area contributed by atoms with E-state index in [0.29, 0.717) is 5.54 Å². The highest BCUT2D eigenvalue weighted by Gasteiger charge is 2.30. The Morgan fingerprint density at radius 3 is 2.24 bits per heavy atom. The average Bonchev–Trinajstić information content (AvgIpc) is 2.64. The van der Waals surface area contributed by atoms with Gasteiger partial charge in [0.1, 0.15) is 0 Å². The fourth-order valence-corrected chi connectivity index (χ4v) is 4.18. The van der Waals surface area contributed by atoms with E-state index in [2.05, 4.69) is 49.7 Å². The van der Waals surface area contributed by atoms with Gasteiger partial charge in [0.25, 0.3) is 0 Å². The molecule has 1 N–H and O–H groups in total. The molecule has 2 atom stereocenters. The summed E-state index contributed by atoms with van der Waals surface area (Å²) in [5, 5.41) is 4.71. The van der Waals surface area contributed by atoms with Crippen molar-refractivity contribution >= 4 is 11.8 Å². The maximum absolute atomic E-state index is 3.89. The molecule has 0 radical (unpaired) electrons. The summed E-state index contributed by atoms with van der Waals surface area (Å²) in [4.78, 5) is 2.62. The molecular formula is C14H28N2S. The van der Waals surface area contributed by atoms with E-state index in [9.17, 15) is 0 Å². The molecule has 0 saturated carbocycles. The molecule has 2 aliphatic heterocycles. The van der Waals surface area contributed by atoms with E-state index in [1.165, 1.54) is 38.1 Å². The van der Waals surface area contributed by atoms with Crippen LogP contribution in [0.2, 0.25) is 0 Å². The molecule has 0 amide bonds. The van der Waals surface area contributed by atoms with Crippen LogP contribution < -0.4 is 5.32 Å². The van der Waals surface area contributed by atoms with Crippen LogP contribution in [0, 0.1) is 0 Å². The third kappa shape index (κ3) is 3.62. The van der Waals surface area contributed by atoms with E-state index in [1.807, 2.05) is 0 Å². The predicted octanol–water partition coefficient (Wildman–Crippen LogP) is 2.73. The molecule has 2 aliphatic rings. The topological polar surface area (TPSA) is 15.3 Å². The van der Waals surface area contributed by atoms with Crippen LogP contribution in [0.1, 0.15) is 47.0 Å². The van der Waals surface area contributed by atoms with Crippen molar-refractivity contribution in [2.24, 2.45) is 0 Å². The number of likely N-dealkylation sites (tertiary alicyclic amines) is 1. The first-order chi connectivity index (χ1) is 7.97. The summed E-state index contributed by atoms with van der Waals surface area (Å²) in [6, 6.07) is 1.53. The predicted molar refractivity (Wildman–Crippen MR) is 77.8 cm³/mol. The zero-order chi connectivity index (χ0) is 12.5. The quantitative estimate of drug-likeness (QED) is 0.818. The lowest BCUT2D eigenvalue weighted by molar-refractivity contribution is 0.0938. The van der Waals surface area contributed by atoms with E-state index < -0.39 is 0 Å². The van der Waals surface area contributed by atoms with Gasteiger partial charge in [-0.25, -0.2) is 0 Å². The van der Waals surface area contributed by atoms with E-state index in [0.717, 1.165) is 17.3 Å². The molecule has 100 valence electrons. The van der Waals surface area contributed by atoms with Crippen LogP contribution in [-0.4, -0.2) is 46.6 Å². The highest BCUT2D eigenvalue weighted by molar-refractivity contribution is 8.00. The van der Waals surface area contributed by atoms with Gasteiger partial charge in [0.2, 0.25) is 0 Å². The molecule has 17 heavy (non-hydrogen) atoms. The fourth-order valence-electron chi connectivity index (χ4n) is 2.97. The summed E-state index contributed by atoms with van der Waals surface area (Å²) in [5.41, 5.74) is 0.349. The van der Waals surface area contributed by atoms with Crippen molar-refractivity contribution in [2.75, 3.05) is 18.8 Å². The Hall–Kier alpha value is 0.270. The summed E-state index contributed by atoms with van der Waals surface area (Å²) in [7, 11) is 0. The van der Waals surface area contributed by atoms with Gasteiger partial charge < -0.3 is 5.32 Å². The van der Waals surface area contributed by atoms with E-state index in [4.69, 9.17) is 0 Å². The molecule has 3 heteroatoms. The van der Waals surface area contributed by atoms with Crippen LogP contribution in [0.5, 0.6) is 0 Å². The minimum absolute atomic E-state index is 0.349. The molecule has 2 unspecified atom stereocenters. The van der Waals surface area contributed by atoms with Crippen molar-refractivity contribution in [3.8, 4) is 0 Å². The lowest BCUT2D eigenvalue weighted by Gasteiger charge is -2.41. The Morgan fingerprint density at radius 2 is 1.76 bits per heavy atom. The van der Waals surface area contributed by atoms with Gasteiger partial charge in [-0.3, -0.25) is 4.90 Å². The van der Waals surface area contributed by atoms with Crippen molar-refractivity contribution in [1.29, 1.82) is 0 Å². The second kappa shape index (κ2) is 5.50. The third-order valence-electron chi connectivity index (χ3n) is 4.27. The second-order valence-corrected chi connectivity index (χ2v) is 8.06. The number of rotatable bonds is 2. The van der Waals surface area contributed by atoms with Crippen molar-refractivity contribution in [3.05, 3.63) is 0 Å². The summed E-state index contributed by atoms with van der Waals surface area (Å²) in [5.74, 6) is 1.35. The van der Waals surface area contributed by atoms with Gasteiger partial charge in [0, 0.05) is 36.0 Å². The van der Waals surface area contributed by atoms with E-state index in [1.54, 1.807) is 0 Å². The molecule has 0 aromatic carbocycles. The monoisotopic (exact) mass is 256 g/mol. The Kier molecular flexibility index (Phi) is 4.43. The SMILES string of the molecule is CC1SCCC1NC1CCN(C(C)(C)C)CC1. The first-order valence-corrected chi connectivity index (χ1v) is 8.14. The number of hydrogen-bond donors (Lipinski definition) is 1. The van der Waals surface area contributed by atoms with Crippen LogP contribution in [-0.2, 0) is 0 Å². The smallest absolute Gasteiger partial charge is 0.0194 e. The van der Waals surface area contributed by atoms with Gasteiger partial charge in [0.05, 0.1) is 0 Å². The van der Waals surface area contributed by atoms with Gasteiger partial charge in [-0.05, 0) is 45.8 Å². The van der Waals surface area contributed by atoms with Crippen LogP contribution in [0.3, 0.4) is 0 Å². The van der Waals surface area contributed by atoms with Gasteiger partial charge in [0.15, 0.2) is 0 Å². The number of nitrogens with one attached hydrogen (secondary N) is 1. The Labute approximate surface area is 111 Å². The molecule has 2 heterocycles. The highest BCUT2D eigenvalue weighted by Crippen LogP contribution is 2.28. The number of hydrogen-bond acceptors (Lipinski definition) is 3. The summed E-state index contributed by atoms with van der Waals surface area (Å²) < 4.78 is 0. The Bertz CT molecular complexity index is 241. The minimum atomic E-state index is 0.349. The Morgan fingerprint density at radius 1 is 1.12 bits per heavy atom. The van der Waals surface area contributed by atoms with Crippen molar-refractivity contribution in [2.45, 2.75) is 69.8 Å². The summed E-state index contributed by atoms with van der Waals surface area (Å²) in [6.45, 7) is 11.9. The second-order valence-electron chi connectivity index (χ2n) is 6.57. The molecule has 0 aromatic heterocycles. The standard InChI is InChI=1S/C14H28N2S/c1-11-13(7-10-17-11)15-12-5-8-16(9-6-12)14(2,3)4/h11-13,15H,5-10H2,1-4H3. The Balaban J connectivity index is 1.76. The lowest BCUT2D eigenvalue weighted by atomic mass is 9.97. The van der Waals surface area contributed by atoms with Gasteiger partial charge in [-0.2, -0.15) is 11.8 Å². The fraction of sp³-hybridized carbons (Fsp3) is 1.00. The number of thioether (sulfide) groups is 1. The van der Waals surface area contributed by atoms with Crippen molar-refractivity contribution in [3.63, 3.8) is 0 Å². The largest absolute Gasteiger partial charge is 0.310 e. The van der Waals surface area contributed by atoms with Gasteiger partial charge in [-0.15, -0.1) is 0 Å². The van der Waals surface area contributed by atoms with E-state index >= 15 is 0 Å². The third-order valence-corrected chi connectivity index (χ3v) is 5.60. The molecule has 2 rings (SSSR count). The van der Waals surface area contributed by atoms with Crippen LogP contribution >= 0.6 is 11.8 Å². The molecule has 0 bridgehead atoms. The lowest BCUT2D eigenvalue weighted by Crippen LogP contribution is -2.52. The van der Waals surface area contributed by atoms with Crippen molar-refractivity contribution in [1.82, 2.24) is 10.2 Å². The molecule has 2 saturated heterocycles. The van der Waals surface area contributed by atoms with Crippen molar-refractivity contribution < 1.29 is 0 Å². The zero-order valence-electron chi connectivity index (χ0n) is 11.8. The first kappa shape index (κ1) is 13.7. The molecule has 0 aliphatic carbocycles. The minimum Gasteiger partial charge on any atom is -0.310 e. The zero-order valence-corrected chi connectivity index (χ0v) is 12.6. The van der Waals surface area contributed by atoms with Crippen LogP contribution in [0.25, 0.3) is 0 Å². The molecule has 2 fully saturated rings. The molecule has 2 nitrogen and oxygen atoms in total. The first-order valence-electron chi connectivity index (χ1n) is 7.09. The molecule has 0 spiro atoms. The van der Waals surface area contributed by atoms with Gasteiger partial charge >= 0.3 is 0 Å². The van der Waals surface area contributed by atoms with E-state index in [-0.39, 0.29) is 0 Å². The summed E-state index contributed by atoms with van der Waals surface area (Å²) in [6.07, 6.45) is 4.02. The normalized spacial score (nSPS) is 33.2. The number of nitrogens with zero attached hydrogens (tertiary/aromatic N) is 1. The average molecular weight is 256 g/mol.